The lowest BCUT2D eigenvalue weighted by Crippen LogP contribution is -2.43. The largest absolute Gasteiger partial charge is 0.504 e. The van der Waals surface area contributed by atoms with E-state index in [0.29, 0.717) is 11.9 Å². The summed E-state index contributed by atoms with van der Waals surface area (Å²) in [5, 5.41) is 23.2. The standard InChI is InChI=1S/C17H18N2O3/c1-22-16-5-3-10-13(19-16)8-18-12-4-2-9-6-14(20)15(21)7-11(9)17(10)12/h3,5-7,12,17-18,20-21H,2,4,8H2,1H3/t12-,17-/m1/s1. The smallest absolute Gasteiger partial charge is 0.213 e. The number of aromatic nitrogens is 1. The normalized spacial score (nSPS) is 22.4. The van der Waals surface area contributed by atoms with Gasteiger partial charge in [0, 0.05) is 24.6 Å². The molecule has 1 aromatic carbocycles. The summed E-state index contributed by atoms with van der Waals surface area (Å²) in [6.07, 6.45) is 1.91. The number of phenolic OH excluding ortho intramolecular Hbond substituents is 2. The molecule has 0 unspecified atom stereocenters. The highest BCUT2D eigenvalue weighted by atomic mass is 16.5. The Morgan fingerprint density at radius 1 is 1.18 bits per heavy atom. The van der Waals surface area contributed by atoms with E-state index in [4.69, 9.17) is 4.74 Å². The minimum absolute atomic E-state index is 0.0472. The monoisotopic (exact) mass is 298 g/mol. The van der Waals surface area contributed by atoms with Crippen LogP contribution >= 0.6 is 0 Å². The Labute approximate surface area is 128 Å². The zero-order valence-corrected chi connectivity index (χ0v) is 12.3. The van der Waals surface area contributed by atoms with Crippen molar-refractivity contribution in [3.05, 3.63) is 46.6 Å². The van der Waals surface area contributed by atoms with Crippen molar-refractivity contribution in [1.82, 2.24) is 10.3 Å². The van der Waals surface area contributed by atoms with Gasteiger partial charge < -0.3 is 20.3 Å². The molecule has 2 aromatic rings. The third kappa shape index (κ3) is 1.93. The van der Waals surface area contributed by atoms with Crippen molar-refractivity contribution >= 4 is 0 Å². The molecule has 0 bridgehead atoms. The van der Waals surface area contributed by atoms with Crippen LogP contribution in [0.15, 0.2) is 24.3 Å². The van der Waals surface area contributed by atoms with E-state index in [-0.39, 0.29) is 17.4 Å². The van der Waals surface area contributed by atoms with E-state index in [1.807, 2.05) is 6.07 Å². The summed E-state index contributed by atoms with van der Waals surface area (Å²) in [6.45, 7) is 0.729. The number of nitrogens with one attached hydrogen (secondary N) is 1. The van der Waals surface area contributed by atoms with Gasteiger partial charge in [0.1, 0.15) is 0 Å². The topological polar surface area (TPSA) is 74.6 Å². The summed E-state index contributed by atoms with van der Waals surface area (Å²) in [6, 6.07) is 7.67. The number of phenols is 2. The fraction of sp³-hybridized carbons (Fsp3) is 0.353. The summed E-state index contributed by atoms with van der Waals surface area (Å²) in [7, 11) is 1.62. The number of pyridine rings is 1. The lowest BCUT2D eigenvalue weighted by atomic mass is 9.73. The van der Waals surface area contributed by atoms with Gasteiger partial charge in [-0.1, -0.05) is 6.07 Å². The van der Waals surface area contributed by atoms with Gasteiger partial charge in [0.2, 0.25) is 5.88 Å². The van der Waals surface area contributed by atoms with Crippen LogP contribution in [-0.4, -0.2) is 28.3 Å². The highest BCUT2D eigenvalue weighted by Crippen LogP contribution is 2.44. The number of rotatable bonds is 1. The average molecular weight is 298 g/mol. The van der Waals surface area contributed by atoms with Crippen LogP contribution < -0.4 is 10.1 Å². The van der Waals surface area contributed by atoms with Crippen LogP contribution in [0.1, 0.15) is 34.7 Å². The van der Waals surface area contributed by atoms with Crippen LogP contribution in [0.3, 0.4) is 0 Å². The van der Waals surface area contributed by atoms with Gasteiger partial charge in [0.25, 0.3) is 0 Å². The Bertz CT molecular complexity index is 745. The van der Waals surface area contributed by atoms with E-state index >= 15 is 0 Å². The summed E-state index contributed by atoms with van der Waals surface area (Å²) in [4.78, 5) is 4.54. The summed E-state index contributed by atoms with van der Waals surface area (Å²) in [5.74, 6) is 0.656. The zero-order chi connectivity index (χ0) is 15.3. The molecule has 2 heterocycles. The van der Waals surface area contributed by atoms with E-state index in [1.54, 1.807) is 19.2 Å². The fourth-order valence-electron chi connectivity index (χ4n) is 3.70. The molecule has 0 fully saturated rings. The molecule has 0 spiro atoms. The van der Waals surface area contributed by atoms with Crippen LogP contribution in [0.4, 0.5) is 0 Å². The molecule has 0 saturated heterocycles. The average Bonchev–Trinajstić information content (AvgIpc) is 2.55. The van der Waals surface area contributed by atoms with Gasteiger partial charge in [-0.15, -0.1) is 0 Å². The first kappa shape index (κ1) is 13.4. The third-order valence-corrected chi connectivity index (χ3v) is 4.76. The molecule has 0 saturated carbocycles. The van der Waals surface area contributed by atoms with Crippen LogP contribution in [0.25, 0.3) is 0 Å². The minimum Gasteiger partial charge on any atom is -0.504 e. The Kier molecular flexibility index (Phi) is 2.97. The number of ether oxygens (including phenoxy) is 1. The van der Waals surface area contributed by atoms with Crippen LogP contribution in [0.5, 0.6) is 17.4 Å². The Morgan fingerprint density at radius 2 is 2.00 bits per heavy atom. The third-order valence-electron chi connectivity index (χ3n) is 4.76. The second-order valence-electron chi connectivity index (χ2n) is 5.93. The number of fused-ring (bicyclic) bond motifs is 5. The van der Waals surface area contributed by atoms with Gasteiger partial charge in [-0.2, -0.15) is 0 Å². The van der Waals surface area contributed by atoms with E-state index < -0.39 is 0 Å². The lowest BCUT2D eigenvalue weighted by Gasteiger charge is -2.39. The van der Waals surface area contributed by atoms with Crippen LogP contribution in [0.2, 0.25) is 0 Å². The molecule has 3 N–H and O–H groups in total. The van der Waals surface area contributed by atoms with Gasteiger partial charge >= 0.3 is 0 Å². The predicted octanol–water partition coefficient (Wildman–Crippen LogP) is 2.05. The van der Waals surface area contributed by atoms with Crippen LogP contribution in [0, 0.1) is 0 Å². The number of hydrogen-bond acceptors (Lipinski definition) is 5. The summed E-state index contributed by atoms with van der Waals surface area (Å²) >= 11 is 0. The predicted molar refractivity (Wildman–Crippen MR) is 81.4 cm³/mol. The van der Waals surface area contributed by atoms with E-state index in [1.165, 1.54) is 5.56 Å². The van der Waals surface area contributed by atoms with Crippen molar-refractivity contribution in [1.29, 1.82) is 0 Å². The number of nitrogens with zero attached hydrogens (tertiary/aromatic N) is 1. The van der Waals surface area contributed by atoms with E-state index in [9.17, 15) is 10.2 Å². The SMILES string of the molecule is COc1ccc2c(n1)CN[C@@H]1CCc3cc(O)c(O)cc3[C@@H]21. The molecule has 0 radical (unpaired) electrons. The lowest BCUT2D eigenvalue weighted by molar-refractivity contribution is 0.367. The van der Waals surface area contributed by atoms with Crippen molar-refractivity contribution in [2.24, 2.45) is 0 Å². The van der Waals surface area contributed by atoms with Crippen molar-refractivity contribution in [2.75, 3.05) is 7.11 Å². The quantitative estimate of drug-likeness (QED) is 0.703. The number of benzene rings is 1. The number of methoxy groups -OCH3 is 1. The van der Waals surface area contributed by atoms with Crippen molar-refractivity contribution in [3.63, 3.8) is 0 Å². The molecule has 5 nitrogen and oxygen atoms in total. The fourth-order valence-corrected chi connectivity index (χ4v) is 3.70. The van der Waals surface area contributed by atoms with Gasteiger partial charge in [0.15, 0.2) is 11.5 Å². The Hall–Kier alpha value is -2.27. The first-order valence-electron chi connectivity index (χ1n) is 7.49. The van der Waals surface area contributed by atoms with Gasteiger partial charge in [-0.25, -0.2) is 4.98 Å². The molecule has 114 valence electrons. The van der Waals surface area contributed by atoms with Gasteiger partial charge in [0.05, 0.1) is 12.8 Å². The van der Waals surface area contributed by atoms with Gasteiger partial charge in [-0.3, -0.25) is 0 Å². The molecule has 4 rings (SSSR count). The molecule has 1 aliphatic heterocycles. The maximum absolute atomic E-state index is 9.89. The molecule has 0 amide bonds. The van der Waals surface area contributed by atoms with E-state index in [0.717, 1.165) is 36.2 Å². The second-order valence-corrected chi connectivity index (χ2v) is 5.93. The maximum atomic E-state index is 9.89. The number of aromatic hydroxyl groups is 2. The number of hydrogen-bond donors (Lipinski definition) is 3. The molecule has 5 heteroatoms. The molecular formula is C17H18N2O3. The van der Waals surface area contributed by atoms with Gasteiger partial charge in [-0.05, 0) is 41.7 Å². The highest BCUT2D eigenvalue weighted by Gasteiger charge is 2.36. The Morgan fingerprint density at radius 3 is 2.82 bits per heavy atom. The maximum Gasteiger partial charge on any atom is 0.213 e. The van der Waals surface area contributed by atoms with Crippen molar-refractivity contribution < 1.29 is 14.9 Å². The first-order valence-corrected chi connectivity index (χ1v) is 7.49. The first-order chi connectivity index (χ1) is 10.7. The van der Waals surface area contributed by atoms with Crippen molar-refractivity contribution in [2.45, 2.75) is 31.3 Å². The molecule has 22 heavy (non-hydrogen) atoms. The Balaban J connectivity index is 1.87. The second kappa shape index (κ2) is 4.88. The molecular weight excluding hydrogens is 280 g/mol. The van der Waals surface area contributed by atoms with Crippen LogP contribution in [-0.2, 0) is 13.0 Å². The van der Waals surface area contributed by atoms with Crippen molar-refractivity contribution in [3.8, 4) is 17.4 Å². The van der Waals surface area contributed by atoms with E-state index in [2.05, 4.69) is 16.4 Å². The zero-order valence-electron chi connectivity index (χ0n) is 12.3. The minimum atomic E-state index is -0.0620. The highest BCUT2D eigenvalue weighted by molar-refractivity contribution is 5.52. The molecule has 1 aliphatic carbocycles. The number of aryl methyl sites for hydroxylation is 1. The summed E-state index contributed by atoms with van der Waals surface area (Å²) in [5.41, 5.74) is 4.34. The molecule has 1 aromatic heterocycles. The summed E-state index contributed by atoms with van der Waals surface area (Å²) < 4.78 is 5.21. The molecule has 2 atom stereocenters. The molecule has 2 aliphatic rings.